The highest BCUT2D eigenvalue weighted by Crippen LogP contribution is 2.34. The van der Waals surface area contributed by atoms with Crippen LogP contribution in [0.3, 0.4) is 0 Å². The second-order valence-corrected chi connectivity index (χ2v) is 6.01. The van der Waals surface area contributed by atoms with Gasteiger partial charge in [0.2, 0.25) is 0 Å². The molecule has 1 aromatic rings. The number of anilines is 1. The van der Waals surface area contributed by atoms with Crippen LogP contribution in [0.2, 0.25) is 0 Å². The second-order valence-electron chi connectivity index (χ2n) is 6.01. The van der Waals surface area contributed by atoms with Crippen molar-refractivity contribution < 1.29 is 4.79 Å². The third-order valence-electron chi connectivity index (χ3n) is 4.60. The van der Waals surface area contributed by atoms with E-state index in [1.54, 1.807) is 0 Å². The monoisotopic (exact) mass is 259 g/mol. The molecule has 0 aliphatic carbocycles. The molecule has 0 aromatic heterocycles. The van der Waals surface area contributed by atoms with Gasteiger partial charge >= 0.3 is 0 Å². The van der Waals surface area contributed by atoms with Crippen molar-refractivity contribution >= 4 is 12.0 Å². The topological polar surface area (TPSA) is 20.3 Å². The molecule has 0 spiro atoms. The Bertz CT molecular complexity index is 437. The van der Waals surface area contributed by atoms with Crippen molar-refractivity contribution in [2.45, 2.75) is 40.0 Å². The van der Waals surface area contributed by atoms with Crippen LogP contribution in [0.5, 0.6) is 0 Å². The summed E-state index contributed by atoms with van der Waals surface area (Å²) in [6, 6.07) is 8.63. The molecule has 2 rings (SSSR count). The summed E-state index contributed by atoms with van der Waals surface area (Å²) in [6.07, 6.45) is 4.16. The zero-order valence-electron chi connectivity index (χ0n) is 12.4. The molecule has 0 saturated heterocycles. The molecule has 0 radical (unpaired) electrons. The van der Waals surface area contributed by atoms with Crippen LogP contribution in [0.1, 0.15) is 39.2 Å². The van der Waals surface area contributed by atoms with Crippen LogP contribution >= 0.6 is 0 Å². The number of nitrogens with zero attached hydrogens (tertiary/aromatic N) is 1. The van der Waals surface area contributed by atoms with Crippen LogP contribution in [-0.4, -0.2) is 19.4 Å². The predicted octanol–water partition coefficient (Wildman–Crippen LogP) is 3.69. The molecule has 19 heavy (non-hydrogen) atoms. The number of carbonyl (C=O) groups excluding carboxylic acids is 1. The lowest BCUT2D eigenvalue weighted by Crippen LogP contribution is -2.43. The third kappa shape index (κ3) is 2.83. The molecule has 0 saturated carbocycles. The van der Waals surface area contributed by atoms with Crippen molar-refractivity contribution in [2.75, 3.05) is 18.0 Å². The van der Waals surface area contributed by atoms with E-state index in [0.717, 1.165) is 32.4 Å². The Balaban J connectivity index is 2.28. The first-order valence-corrected chi connectivity index (χ1v) is 7.43. The van der Waals surface area contributed by atoms with Crippen molar-refractivity contribution in [3.63, 3.8) is 0 Å². The SMILES string of the molecule is CCC(C=O)(CC)CN1CC(C)Cc2ccccc21. The fraction of sp³-hybridized carbons (Fsp3) is 0.588. The van der Waals surface area contributed by atoms with Crippen molar-refractivity contribution in [3.05, 3.63) is 29.8 Å². The van der Waals surface area contributed by atoms with E-state index in [4.69, 9.17) is 0 Å². The number of para-hydroxylation sites is 1. The molecule has 0 fully saturated rings. The normalized spacial score (nSPS) is 19.1. The highest BCUT2D eigenvalue weighted by Gasteiger charge is 2.31. The number of aldehydes is 1. The molecule has 2 nitrogen and oxygen atoms in total. The van der Waals surface area contributed by atoms with Gasteiger partial charge < -0.3 is 9.69 Å². The minimum absolute atomic E-state index is 0.190. The lowest BCUT2D eigenvalue weighted by Gasteiger charge is -2.40. The van der Waals surface area contributed by atoms with Crippen LogP contribution in [0, 0.1) is 11.3 Å². The molecule has 1 aliphatic rings. The van der Waals surface area contributed by atoms with Crippen molar-refractivity contribution in [1.29, 1.82) is 0 Å². The minimum Gasteiger partial charge on any atom is -0.370 e. The van der Waals surface area contributed by atoms with Crippen LogP contribution < -0.4 is 4.90 Å². The van der Waals surface area contributed by atoms with Gasteiger partial charge in [0, 0.05) is 24.2 Å². The van der Waals surface area contributed by atoms with E-state index in [1.807, 2.05) is 0 Å². The summed E-state index contributed by atoms with van der Waals surface area (Å²) in [5, 5.41) is 0. The maximum atomic E-state index is 11.5. The van der Waals surface area contributed by atoms with Gasteiger partial charge in [0.15, 0.2) is 0 Å². The first kappa shape index (κ1) is 14.1. The molecule has 104 valence electrons. The van der Waals surface area contributed by atoms with Crippen molar-refractivity contribution in [1.82, 2.24) is 0 Å². The van der Waals surface area contributed by atoms with Gasteiger partial charge in [0.05, 0.1) is 0 Å². The largest absolute Gasteiger partial charge is 0.370 e. The maximum Gasteiger partial charge on any atom is 0.127 e. The number of carbonyl (C=O) groups is 1. The Labute approximate surface area is 116 Å². The summed E-state index contributed by atoms with van der Waals surface area (Å²) in [5.74, 6) is 0.660. The number of rotatable bonds is 5. The van der Waals surface area contributed by atoms with E-state index in [9.17, 15) is 4.79 Å². The summed E-state index contributed by atoms with van der Waals surface area (Å²) in [6.45, 7) is 8.45. The number of benzene rings is 1. The quantitative estimate of drug-likeness (QED) is 0.752. The van der Waals surface area contributed by atoms with E-state index in [2.05, 4.69) is 49.9 Å². The fourth-order valence-electron chi connectivity index (χ4n) is 3.11. The standard InChI is InChI=1S/C17H25NO/c1-4-17(5-2,13-19)12-18-11-14(3)10-15-8-6-7-9-16(15)18/h6-9,13-14H,4-5,10-12H2,1-3H3. The Kier molecular flexibility index (Phi) is 4.28. The third-order valence-corrected chi connectivity index (χ3v) is 4.60. The van der Waals surface area contributed by atoms with Crippen LogP contribution in [0.15, 0.2) is 24.3 Å². The van der Waals surface area contributed by atoms with E-state index >= 15 is 0 Å². The highest BCUT2D eigenvalue weighted by molar-refractivity contribution is 5.63. The summed E-state index contributed by atoms with van der Waals surface area (Å²) in [4.78, 5) is 14.0. The second kappa shape index (κ2) is 5.77. The van der Waals surface area contributed by atoms with Crippen LogP contribution in [0.25, 0.3) is 0 Å². The lowest BCUT2D eigenvalue weighted by molar-refractivity contribution is -0.116. The van der Waals surface area contributed by atoms with Gasteiger partial charge in [-0.3, -0.25) is 0 Å². The highest BCUT2D eigenvalue weighted by atomic mass is 16.1. The zero-order chi connectivity index (χ0) is 13.9. The van der Waals surface area contributed by atoms with Gasteiger partial charge in [-0.2, -0.15) is 0 Å². The summed E-state index contributed by atoms with van der Waals surface area (Å²) in [5.41, 5.74) is 2.56. The summed E-state index contributed by atoms with van der Waals surface area (Å²) < 4.78 is 0. The molecule has 1 heterocycles. The van der Waals surface area contributed by atoms with Gasteiger partial charge in [0.25, 0.3) is 0 Å². The molecule has 0 amide bonds. The van der Waals surface area contributed by atoms with Gasteiger partial charge in [-0.05, 0) is 36.8 Å². The first-order chi connectivity index (χ1) is 9.14. The predicted molar refractivity (Wildman–Crippen MR) is 80.6 cm³/mol. The Morgan fingerprint density at radius 2 is 2.00 bits per heavy atom. The fourth-order valence-corrected chi connectivity index (χ4v) is 3.11. The van der Waals surface area contributed by atoms with E-state index in [1.165, 1.54) is 17.5 Å². The molecular weight excluding hydrogens is 234 g/mol. The van der Waals surface area contributed by atoms with Crippen LogP contribution in [-0.2, 0) is 11.2 Å². The Morgan fingerprint density at radius 1 is 1.32 bits per heavy atom. The zero-order valence-corrected chi connectivity index (χ0v) is 12.4. The number of hydrogen-bond donors (Lipinski definition) is 0. The molecule has 0 bridgehead atoms. The maximum absolute atomic E-state index is 11.5. The van der Waals surface area contributed by atoms with Crippen LogP contribution in [0.4, 0.5) is 5.69 Å². The molecule has 1 unspecified atom stereocenters. The minimum atomic E-state index is -0.190. The summed E-state index contributed by atoms with van der Waals surface area (Å²) in [7, 11) is 0. The number of hydrogen-bond acceptors (Lipinski definition) is 2. The molecule has 1 atom stereocenters. The summed E-state index contributed by atoms with van der Waals surface area (Å²) >= 11 is 0. The molecule has 1 aliphatic heterocycles. The van der Waals surface area contributed by atoms with Crippen molar-refractivity contribution in [3.8, 4) is 0 Å². The Morgan fingerprint density at radius 3 is 2.63 bits per heavy atom. The van der Waals surface area contributed by atoms with Gasteiger partial charge in [0.1, 0.15) is 6.29 Å². The molecule has 1 aromatic carbocycles. The Hall–Kier alpha value is -1.31. The first-order valence-electron chi connectivity index (χ1n) is 7.43. The molecular formula is C17H25NO. The lowest BCUT2D eigenvalue weighted by atomic mass is 9.82. The van der Waals surface area contributed by atoms with E-state index in [-0.39, 0.29) is 5.41 Å². The average Bonchev–Trinajstić information content (AvgIpc) is 2.44. The van der Waals surface area contributed by atoms with Gasteiger partial charge in [-0.1, -0.05) is 39.0 Å². The average molecular weight is 259 g/mol. The van der Waals surface area contributed by atoms with Gasteiger partial charge in [-0.15, -0.1) is 0 Å². The molecule has 0 N–H and O–H groups in total. The van der Waals surface area contributed by atoms with E-state index < -0.39 is 0 Å². The number of fused-ring (bicyclic) bond motifs is 1. The van der Waals surface area contributed by atoms with Gasteiger partial charge in [-0.25, -0.2) is 0 Å². The smallest absolute Gasteiger partial charge is 0.127 e. The molecule has 2 heteroatoms. The van der Waals surface area contributed by atoms with E-state index in [0.29, 0.717) is 5.92 Å². The van der Waals surface area contributed by atoms with Crippen molar-refractivity contribution in [2.24, 2.45) is 11.3 Å².